The Morgan fingerprint density at radius 2 is 1.37 bits per heavy atom. The molecule has 0 amide bonds. The Hall–Kier alpha value is -3.47. The summed E-state index contributed by atoms with van der Waals surface area (Å²) in [6.45, 7) is 0.528. The zero-order valence-corrected chi connectivity index (χ0v) is 14.9. The van der Waals surface area contributed by atoms with E-state index in [1.807, 2.05) is 60.7 Å². The molecule has 3 aromatic carbocycles. The van der Waals surface area contributed by atoms with Gasteiger partial charge in [0.15, 0.2) is 11.5 Å². The van der Waals surface area contributed by atoms with Crippen molar-refractivity contribution in [1.82, 2.24) is 0 Å². The number of aromatic hydroxyl groups is 1. The first kappa shape index (κ1) is 18.3. The Morgan fingerprint density at radius 3 is 1.93 bits per heavy atom. The fourth-order valence-electron chi connectivity index (χ4n) is 2.55. The summed E-state index contributed by atoms with van der Waals surface area (Å²) in [5.41, 5.74) is 1.92. The highest BCUT2D eigenvalue weighted by Crippen LogP contribution is 2.40. The van der Waals surface area contributed by atoms with Gasteiger partial charge in [-0.1, -0.05) is 60.7 Å². The first-order chi connectivity index (χ1) is 13.2. The van der Waals surface area contributed by atoms with Gasteiger partial charge in [-0.05, 0) is 23.3 Å². The average molecular weight is 364 g/mol. The second kappa shape index (κ2) is 8.76. The maximum Gasteiger partial charge on any atom is 0.341 e. The quantitative estimate of drug-likeness (QED) is 0.632. The van der Waals surface area contributed by atoms with E-state index in [0.29, 0.717) is 12.4 Å². The summed E-state index contributed by atoms with van der Waals surface area (Å²) in [5, 5.41) is 10.5. The van der Waals surface area contributed by atoms with E-state index >= 15 is 0 Å². The van der Waals surface area contributed by atoms with Crippen LogP contribution < -0.4 is 9.47 Å². The number of carbonyl (C=O) groups is 1. The Kier molecular flexibility index (Phi) is 5.94. The topological polar surface area (TPSA) is 65.0 Å². The monoisotopic (exact) mass is 364 g/mol. The molecule has 0 saturated carbocycles. The number of benzene rings is 3. The molecular formula is C22H20O5. The van der Waals surface area contributed by atoms with Crippen LogP contribution in [0.3, 0.4) is 0 Å². The van der Waals surface area contributed by atoms with Crippen molar-refractivity contribution in [3.05, 3.63) is 89.5 Å². The lowest BCUT2D eigenvalue weighted by molar-refractivity contribution is 0.0596. The van der Waals surface area contributed by atoms with Crippen molar-refractivity contribution in [3.8, 4) is 17.2 Å². The van der Waals surface area contributed by atoms with E-state index in [4.69, 9.17) is 14.2 Å². The summed E-state index contributed by atoms with van der Waals surface area (Å²) < 4.78 is 16.3. The van der Waals surface area contributed by atoms with Crippen molar-refractivity contribution < 1.29 is 24.1 Å². The highest BCUT2D eigenvalue weighted by atomic mass is 16.5. The number of hydrogen-bond donors (Lipinski definition) is 1. The van der Waals surface area contributed by atoms with Gasteiger partial charge in [-0.15, -0.1) is 0 Å². The smallest absolute Gasteiger partial charge is 0.341 e. The van der Waals surface area contributed by atoms with Crippen LogP contribution in [0.2, 0.25) is 0 Å². The first-order valence-electron chi connectivity index (χ1n) is 8.46. The van der Waals surface area contributed by atoms with Crippen molar-refractivity contribution in [1.29, 1.82) is 0 Å². The number of ether oxygens (including phenoxy) is 3. The third-order valence-corrected chi connectivity index (χ3v) is 3.96. The Labute approximate surface area is 157 Å². The predicted molar refractivity (Wildman–Crippen MR) is 101 cm³/mol. The van der Waals surface area contributed by atoms with Crippen molar-refractivity contribution in [2.24, 2.45) is 0 Å². The van der Waals surface area contributed by atoms with Gasteiger partial charge in [0.05, 0.1) is 7.11 Å². The SMILES string of the molecule is COC(=O)c1ccc(OCc2ccccc2)c(OCc2ccccc2)c1O. The number of methoxy groups -OCH3 is 1. The Balaban J connectivity index is 1.86. The number of hydrogen-bond acceptors (Lipinski definition) is 5. The van der Waals surface area contributed by atoms with Crippen molar-refractivity contribution in [3.63, 3.8) is 0 Å². The molecule has 1 N–H and O–H groups in total. The summed E-state index contributed by atoms with van der Waals surface area (Å²) in [6.07, 6.45) is 0. The van der Waals surface area contributed by atoms with E-state index in [0.717, 1.165) is 11.1 Å². The zero-order chi connectivity index (χ0) is 19.1. The normalized spacial score (nSPS) is 10.3. The fourth-order valence-corrected chi connectivity index (χ4v) is 2.55. The number of carbonyl (C=O) groups excluding carboxylic acids is 1. The minimum atomic E-state index is -0.647. The van der Waals surface area contributed by atoms with Gasteiger partial charge in [-0.3, -0.25) is 0 Å². The van der Waals surface area contributed by atoms with E-state index in [-0.39, 0.29) is 23.7 Å². The molecule has 0 aliphatic heterocycles. The molecule has 0 bridgehead atoms. The van der Waals surface area contributed by atoms with Gasteiger partial charge >= 0.3 is 5.97 Å². The Morgan fingerprint density at radius 1 is 0.815 bits per heavy atom. The fraction of sp³-hybridized carbons (Fsp3) is 0.136. The van der Waals surface area contributed by atoms with Crippen LogP contribution in [-0.2, 0) is 18.0 Å². The molecule has 0 radical (unpaired) electrons. The third-order valence-electron chi connectivity index (χ3n) is 3.96. The van der Waals surface area contributed by atoms with Crippen LogP contribution in [0.1, 0.15) is 21.5 Å². The van der Waals surface area contributed by atoms with Gasteiger partial charge in [-0.25, -0.2) is 4.79 Å². The standard InChI is InChI=1S/C22H20O5/c1-25-22(24)18-12-13-19(26-14-16-8-4-2-5-9-16)21(20(18)23)27-15-17-10-6-3-7-11-17/h2-13,23H,14-15H2,1H3. The number of rotatable bonds is 7. The molecule has 138 valence electrons. The van der Waals surface area contributed by atoms with Crippen LogP contribution in [0.25, 0.3) is 0 Å². The minimum absolute atomic E-state index is 0.0209. The summed E-state index contributed by atoms with van der Waals surface area (Å²) >= 11 is 0. The van der Waals surface area contributed by atoms with Gasteiger partial charge in [-0.2, -0.15) is 0 Å². The number of esters is 1. The molecule has 0 unspecified atom stereocenters. The van der Waals surface area contributed by atoms with Gasteiger partial charge in [0, 0.05) is 0 Å². The maximum absolute atomic E-state index is 11.9. The summed E-state index contributed by atoms with van der Waals surface area (Å²) in [7, 11) is 1.26. The van der Waals surface area contributed by atoms with Gasteiger partial charge in [0.1, 0.15) is 18.8 Å². The predicted octanol–water partition coefficient (Wildman–Crippen LogP) is 4.34. The van der Waals surface area contributed by atoms with Crippen LogP contribution >= 0.6 is 0 Å². The van der Waals surface area contributed by atoms with Crippen LogP contribution in [-0.4, -0.2) is 18.2 Å². The maximum atomic E-state index is 11.9. The van der Waals surface area contributed by atoms with Crippen LogP contribution in [0.4, 0.5) is 0 Å². The number of phenolic OH excluding ortho intramolecular Hbond substituents is 1. The zero-order valence-electron chi connectivity index (χ0n) is 14.9. The van der Waals surface area contributed by atoms with Crippen LogP contribution in [0.5, 0.6) is 17.2 Å². The molecule has 0 saturated heterocycles. The summed E-state index contributed by atoms with van der Waals surface area (Å²) in [6, 6.07) is 22.2. The van der Waals surface area contributed by atoms with Crippen molar-refractivity contribution >= 4 is 5.97 Å². The molecule has 0 aliphatic carbocycles. The van der Waals surface area contributed by atoms with E-state index < -0.39 is 5.97 Å². The summed E-state index contributed by atoms with van der Waals surface area (Å²) in [4.78, 5) is 11.9. The molecular weight excluding hydrogens is 344 g/mol. The molecule has 0 aliphatic rings. The lowest BCUT2D eigenvalue weighted by Gasteiger charge is -2.16. The summed E-state index contributed by atoms with van der Waals surface area (Å²) in [5.74, 6) is -0.493. The lowest BCUT2D eigenvalue weighted by Crippen LogP contribution is -2.06. The molecule has 0 atom stereocenters. The highest BCUT2D eigenvalue weighted by Gasteiger charge is 2.21. The molecule has 5 heteroatoms. The molecule has 27 heavy (non-hydrogen) atoms. The van der Waals surface area contributed by atoms with E-state index in [1.54, 1.807) is 6.07 Å². The van der Waals surface area contributed by atoms with E-state index in [9.17, 15) is 9.90 Å². The molecule has 3 rings (SSSR count). The molecule has 0 heterocycles. The van der Waals surface area contributed by atoms with Gasteiger partial charge < -0.3 is 19.3 Å². The lowest BCUT2D eigenvalue weighted by atomic mass is 10.1. The first-order valence-corrected chi connectivity index (χ1v) is 8.46. The minimum Gasteiger partial charge on any atom is -0.504 e. The van der Waals surface area contributed by atoms with E-state index in [2.05, 4.69) is 0 Å². The molecule has 5 nitrogen and oxygen atoms in total. The van der Waals surface area contributed by atoms with Crippen molar-refractivity contribution in [2.75, 3.05) is 7.11 Å². The second-order valence-corrected chi connectivity index (χ2v) is 5.83. The highest BCUT2D eigenvalue weighted by molar-refractivity contribution is 5.93. The largest absolute Gasteiger partial charge is 0.504 e. The molecule has 0 aromatic heterocycles. The average Bonchev–Trinajstić information content (AvgIpc) is 2.72. The number of phenols is 1. The molecule has 3 aromatic rings. The van der Waals surface area contributed by atoms with Crippen LogP contribution in [0, 0.1) is 0 Å². The third kappa shape index (κ3) is 4.58. The van der Waals surface area contributed by atoms with E-state index in [1.165, 1.54) is 13.2 Å². The molecule has 0 fully saturated rings. The molecule has 0 spiro atoms. The van der Waals surface area contributed by atoms with Gasteiger partial charge in [0.25, 0.3) is 0 Å². The Bertz CT molecular complexity index is 891. The van der Waals surface area contributed by atoms with Crippen LogP contribution in [0.15, 0.2) is 72.8 Å². The van der Waals surface area contributed by atoms with Crippen molar-refractivity contribution in [2.45, 2.75) is 13.2 Å². The van der Waals surface area contributed by atoms with Gasteiger partial charge in [0.2, 0.25) is 5.75 Å². The second-order valence-electron chi connectivity index (χ2n) is 5.83.